The lowest BCUT2D eigenvalue weighted by molar-refractivity contribution is 0.297. The second-order valence-electron chi connectivity index (χ2n) is 9.29. The van der Waals surface area contributed by atoms with E-state index in [1.54, 1.807) is 6.07 Å². The molecule has 2 rings (SSSR count). The lowest BCUT2D eigenvalue weighted by Crippen LogP contribution is -2.13. The Balaban J connectivity index is 0.00000420. The Morgan fingerprint density at radius 1 is 1.03 bits per heavy atom. The standard InChI is InChI=1S/C24H34O3S.H3N/c1-17(16-24(4,5)6)12-13-21-15-23(28(25,26)27)22(19(3)18(21)2)14-20-10-8-7-9-11-20;/h7-11,15,17H,12-14,16H2,1-6H3,(H,25,26,27);1H3. The van der Waals surface area contributed by atoms with Gasteiger partial charge in [-0.15, -0.1) is 0 Å². The van der Waals surface area contributed by atoms with Crippen LogP contribution in [0.4, 0.5) is 0 Å². The van der Waals surface area contributed by atoms with Gasteiger partial charge in [0.05, 0.1) is 4.90 Å². The molecule has 0 saturated heterocycles. The van der Waals surface area contributed by atoms with E-state index in [0.29, 0.717) is 17.9 Å². The molecular weight excluding hydrogens is 382 g/mol. The first-order valence-corrected chi connectivity index (χ1v) is 11.4. The van der Waals surface area contributed by atoms with Crippen molar-refractivity contribution in [2.75, 3.05) is 0 Å². The molecule has 29 heavy (non-hydrogen) atoms. The number of benzene rings is 2. The van der Waals surface area contributed by atoms with Gasteiger partial charge in [0.25, 0.3) is 0 Å². The normalized spacial score (nSPS) is 13.1. The zero-order valence-electron chi connectivity index (χ0n) is 19.0. The average Bonchev–Trinajstić information content (AvgIpc) is 2.56. The molecule has 0 heterocycles. The van der Waals surface area contributed by atoms with Crippen LogP contribution in [0, 0.1) is 25.2 Å². The lowest BCUT2D eigenvalue weighted by Gasteiger charge is -2.24. The molecule has 0 aliphatic rings. The van der Waals surface area contributed by atoms with Crippen LogP contribution in [0.15, 0.2) is 41.3 Å². The first-order valence-electron chi connectivity index (χ1n) is 10.0. The Morgan fingerprint density at radius 2 is 1.62 bits per heavy atom. The lowest BCUT2D eigenvalue weighted by atomic mass is 9.82. The number of hydrogen-bond acceptors (Lipinski definition) is 3. The van der Waals surface area contributed by atoms with Gasteiger partial charge in [-0.05, 0) is 84.7 Å². The van der Waals surface area contributed by atoms with Crippen molar-refractivity contribution < 1.29 is 13.0 Å². The maximum Gasteiger partial charge on any atom is 0.124 e. The molecule has 1 atom stereocenters. The third-order valence-corrected chi connectivity index (χ3v) is 6.36. The van der Waals surface area contributed by atoms with Crippen molar-refractivity contribution in [1.82, 2.24) is 6.15 Å². The molecule has 0 fully saturated rings. The van der Waals surface area contributed by atoms with Crippen LogP contribution >= 0.6 is 0 Å². The summed E-state index contributed by atoms with van der Waals surface area (Å²) < 4.78 is 36.1. The quantitative estimate of drug-likeness (QED) is 0.543. The summed E-state index contributed by atoms with van der Waals surface area (Å²) in [6.45, 7) is 12.9. The van der Waals surface area contributed by atoms with Crippen LogP contribution < -0.4 is 6.15 Å². The highest BCUT2D eigenvalue weighted by Gasteiger charge is 2.19. The summed E-state index contributed by atoms with van der Waals surface area (Å²) in [6.07, 6.45) is 3.33. The molecule has 0 aliphatic carbocycles. The van der Waals surface area contributed by atoms with Gasteiger partial charge >= 0.3 is 0 Å². The molecular formula is C24H37NO3S. The molecule has 0 radical (unpaired) electrons. The number of quaternary nitrogens is 1. The van der Waals surface area contributed by atoms with E-state index in [2.05, 4.69) is 27.7 Å². The molecule has 0 aromatic heterocycles. The Hall–Kier alpha value is -1.69. The summed E-state index contributed by atoms with van der Waals surface area (Å²) in [7, 11) is -4.53. The van der Waals surface area contributed by atoms with Crippen LogP contribution in [0.1, 0.15) is 68.4 Å². The summed E-state index contributed by atoms with van der Waals surface area (Å²) in [5.41, 5.74) is 4.89. The Labute approximate surface area is 177 Å². The maximum atomic E-state index is 12.0. The van der Waals surface area contributed by atoms with Crippen LogP contribution in [0.3, 0.4) is 0 Å². The second-order valence-corrected chi connectivity index (χ2v) is 10.6. The number of aryl methyl sites for hydroxylation is 1. The molecule has 162 valence electrons. The molecule has 0 saturated carbocycles. The molecule has 0 bridgehead atoms. The summed E-state index contributed by atoms with van der Waals surface area (Å²) in [5.74, 6) is 0.538. The molecule has 4 nitrogen and oxygen atoms in total. The van der Waals surface area contributed by atoms with Crippen molar-refractivity contribution in [3.8, 4) is 0 Å². The van der Waals surface area contributed by atoms with E-state index in [1.807, 2.05) is 44.2 Å². The molecule has 4 N–H and O–H groups in total. The van der Waals surface area contributed by atoms with Gasteiger partial charge in [0, 0.05) is 0 Å². The third-order valence-electron chi connectivity index (χ3n) is 5.46. The summed E-state index contributed by atoms with van der Waals surface area (Å²) in [5, 5.41) is 0. The number of rotatable bonds is 7. The van der Waals surface area contributed by atoms with Crippen LogP contribution in [-0.2, 0) is 23.0 Å². The van der Waals surface area contributed by atoms with Crippen molar-refractivity contribution in [3.05, 3.63) is 64.2 Å². The number of hydrogen-bond donors (Lipinski definition) is 1. The minimum atomic E-state index is -4.53. The van der Waals surface area contributed by atoms with Gasteiger partial charge in [-0.3, -0.25) is 0 Å². The Morgan fingerprint density at radius 3 is 2.14 bits per heavy atom. The van der Waals surface area contributed by atoms with Gasteiger partial charge in [0.15, 0.2) is 0 Å². The summed E-state index contributed by atoms with van der Waals surface area (Å²) >= 11 is 0. The van der Waals surface area contributed by atoms with Crippen LogP contribution in [-0.4, -0.2) is 13.0 Å². The molecule has 2 aromatic rings. The van der Waals surface area contributed by atoms with E-state index in [1.165, 1.54) is 0 Å². The van der Waals surface area contributed by atoms with Gasteiger partial charge in [-0.1, -0.05) is 58.0 Å². The fourth-order valence-corrected chi connectivity index (χ4v) is 4.87. The van der Waals surface area contributed by atoms with Crippen molar-refractivity contribution in [2.24, 2.45) is 11.3 Å². The van der Waals surface area contributed by atoms with E-state index in [4.69, 9.17) is 0 Å². The highest BCUT2D eigenvalue weighted by Crippen LogP contribution is 2.31. The smallest absolute Gasteiger partial charge is 0.124 e. The van der Waals surface area contributed by atoms with Crippen molar-refractivity contribution >= 4 is 10.1 Å². The topological polar surface area (TPSA) is 93.7 Å². The minimum Gasteiger partial charge on any atom is -0.744 e. The summed E-state index contributed by atoms with van der Waals surface area (Å²) in [4.78, 5) is -0.0575. The van der Waals surface area contributed by atoms with Gasteiger partial charge in [-0.25, -0.2) is 8.42 Å². The van der Waals surface area contributed by atoms with Crippen molar-refractivity contribution in [2.45, 2.75) is 72.1 Å². The first kappa shape index (κ1) is 25.3. The second kappa shape index (κ2) is 9.88. The van der Waals surface area contributed by atoms with E-state index >= 15 is 0 Å². The van der Waals surface area contributed by atoms with Gasteiger partial charge in [-0.2, -0.15) is 0 Å². The van der Waals surface area contributed by atoms with Gasteiger partial charge in [0.1, 0.15) is 10.1 Å². The van der Waals surface area contributed by atoms with Crippen LogP contribution in [0.25, 0.3) is 0 Å². The van der Waals surface area contributed by atoms with Gasteiger partial charge < -0.3 is 10.7 Å². The predicted molar refractivity (Wildman–Crippen MR) is 121 cm³/mol. The highest BCUT2D eigenvalue weighted by atomic mass is 32.2. The SMILES string of the molecule is Cc1c(CCC(C)CC(C)(C)C)cc(S(=O)(=O)[O-])c(Cc2ccccc2)c1C.[NH4+]. The van der Waals surface area contributed by atoms with Crippen LogP contribution in [0.2, 0.25) is 0 Å². The molecule has 0 spiro atoms. The van der Waals surface area contributed by atoms with E-state index in [-0.39, 0.29) is 16.5 Å². The predicted octanol–water partition coefficient (Wildman–Crippen LogP) is 6.18. The maximum absolute atomic E-state index is 12.0. The third kappa shape index (κ3) is 7.25. The molecule has 2 aromatic carbocycles. The van der Waals surface area contributed by atoms with E-state index in [0.717, 1.165) is 41.5 Å². The summed E-state index contributed by atoms with van der Waals surface area (Å²) in [6, 6.07) is 11.3. The zero-order chi connectivity index (χ0) is 21.1. The highest BCUT2D eigenvalue weighted by molar-refractivity contribution is 7.85. The molecule has 0 amide bonds. The fourth-order valence-electron chi connectivity index (χ4n) is 4.06. The van der Waals surface area contributed by atoms with Gasteiger partial charge in [0.2, 0.25) is 0 Å². The largest absolute Gasteiger partial charge is 0.744 e. The fraction of sp³-hybridized carbons (Fsp3) is 0.500. The van der Waals surface area contributed by atoms with Crippen molar-refractivity contribution in [3.63, 3.8) is 0 Å². The monoisotopic (exact) mass is 419 g/mol. The average molecular weight is 420 g/mol. The Kier molecular flexibility index (Phi) is 8.63. The Bertz CT molecular complexity index is 913. The minimum absolute atomic E-state index is 0. The van der Waals surface area contributed by atoms with Crippen LogP contribution in [0.5, 0.6) is 0 Å². The molecule has 1 unspecified atom stereocenters. The zero-order valence-corrected chi connectivity index (χ0v) is 19.8. The molecule has 0 aliphatic heterocycles. The first-order chi connectivity index (χ1) is 12.9. The van der Waals surface area contributed by atoms with E-state index in [9.17, 15) is 13.0 Å². The van der Waals surface area contributed by atoms with E-state index < -0.39 is 10.1 Å². The molecule has 5 heteroatoms. The van der Waals surface area contributed by atoms with Crippen molar-refractivity contribution in [1.29, 1.82) is 0 Å².